The van der Waals surface area contributed by atoms with E-state index in [1.54, 1.807) is 0 Å². The van der Waals surface area contributed by atoms with E-state index >= 15 is 0 Å². The largest absolute Gasteiger partial charge is 0.363 e. The maximum atomic E-state index is 5.35. The van der Waals surface area contributed by atoms with Crippen molar-refractivity contribution >= 4 is 33.1 Å². The number of nitrogens with one attached hydrogen (secondary N) is 1. The molecule has 5 heteroatoms. The number of benzene rings is 1. The predicted octanol–water partition coefficient (Wildman–Crippen LogP) is 3.87. The molecule has 20 heavy (non-hydrogen) atoms. The fourth-order valence-electron chi connectivity index (χ4n) is 2.42. The van der Waals surface area contributed by atoms with Gasteiger partial charge in [-0.15, -0.1) is 0 Å². The van der Waals surface area contributed by atoms with Crippen molar-refractivity contribution in [3.8, 4) is 0 Å². The van der Waals surface area contributed by atoms with Crippen LogP contribution in [0.5, 0.6) is 0 Å². The van der Waals surface area contributed by atoms with Crippen LogP contribution in [0.4, 0.5) is 0 Å². The van der Waals surface area contributed by atoms with E-state index in [4.69, 9.17) is 12.2 Å². The Balaban J connectivity index is 0.000000704. The zero-order valence-corrected chi connectivity index (χ0v) is 14.3. The molecular weight excluding hydrogens is 334 g/mol. The van der Waals surface area contributed by atoms with Gasteiger partial charge >= 0.3 is 0 Å². The van der Waals surface area contributed by atoms with Crippen LogP contribution in [0.2, 0.25) is 0 Å². The molecule has 0 radical (unpaired) electrons. The van der Waals surface area contributed by atoms with Crippen molar-refractivity contribution < 1.29 is 0 Å². The average molecular weight is 352 g/mol. The van der Waals surface area contributed by atoms with Gasteiger partial charge in [-0.05, 0) is 30.7 Å². The first kappa shape index (κ1) is 15.2. The molecule has 2 heterocycles. The fourth-order valence-corrected chi connectivity index (χ4v) is 3.15. The van der Waals surface area contributed by atoms with Gasteiger partial charge < -0.3 is 5.32 Å². The first-order valence-corrected chi connectivity index (χ1v) is 7.89. The topological polar surface area (TPSA) is 29.9 Å². The molecule has 3 rings (SSSR count). The van der Waals surface area contributed by atoms with Gasteiger partial charge in [0.1, 0.15) is 5.54 Å². The lowest BCUT2D eigenvalue weighted by atomic mass is 9.87. The Morgan fingerprint density at radius 2 is 2.10 bits per heavy atom. The Labute approximate surface area is 133 Å². The van der Waals surface area contributed by atoms with Crippen LogP contribution in [-0.2, 0) is 12.1 Å². The molecule has 1 atom stereocenters. The lowest BCUT2D eigenvalue weighted by Gasteiger charge is -2.37. The summed E-state index contributed by atoms with van der Waals surface area (Å²) in [5.74, 6) is 0. The number of thiocarbonyl (C=S) groups is 1. The molecule has 0 saturated carbocycles. The second kappa shape index (κ2) is 6.06. The van der Waals surface area contributed by atoms with Crippen LogP contribution in [-0.4, -0.2) is 14.8 Å². The highest BCUT2D eigenvalue weighted by atomic mass is 79.9. The second-order valence-electron chi connectivity index (χ2n) is 4.56. The molecule has 0 saturated heterocycles. The van der Waals surface area contributed by atoms with Crippen LogP contribution in [0.3, 0.4) is 0 Å². The Kier molecular flexibility index (Phi) is 4.60. The van der Waals surface area contributed by atoms with Gasteiger partial charge in [-0.1, -0.05) is 54.1 Å². The minimum absolute atomic E-state index is 0.324. The van der Waals surface area contributed by atoms with Gasteiger partial charge in [0, 0.05) is 10.7 Å². The molecule has 0 bridgehead atoms. The summed E-state index contributed by atoms with van der Waals surface area (Å²) in [6.07, 6.45) is 1.82. The van der Waals surface area contributed by atoms with E-state index < -0.39 is 0 Å². The minimum atomic E-state index is -0.324. The van der Waals surface area contributed by atoms with E-state index in [-0.39, 0.29) is 5.54 Å². The van der Waals surface area contributed by atoms with E-state index in [2.05, 4.69) is 45.4 Å². The fraction of sp³-hybridized carbons (Fsp3) is 0.333. The molecule has 106 valence electrons. The molecule has 0 spiro atoms. The van der Waals surface area contributed by atoms with Gasteiger partial charge in [0.15, 0.2) is 0 Å². The molecule has 1 aliphatic rings. The van der Waals surface area contributed by atoms with Crippen molar-refractivity contribution in [1.82, 2.24) is 15.1 Å². The Bertz CT molecular complexity index is 623. The summed E-state index contributed by atoms with van der Waals surface area (Å²) in [7, 11) is 0. The van der Waals surface area contributed by atoms with E-state index in [1.807, 2.05) is 42.9 Å². The van der Waals surface area contributed by atoms with Crippen LogP contribution in [0.1, 0.15) is 32.0 Å². The number of nitrogens with zero attached hydrogens (tertiary/aromatic N) is 2. The lowest BCUT2D eigenvalue weighted by molar-refractivity contribution is 0.440. The van der Waals surface area contributed by atoms with Gasteiger partial charge in [-0.3, -0.25) is 4.68 Å². The zero-order valence-electron chi connectivity index (χ0n) is 11.9. The van der Waals surface area contributed by atoms with E-state index in [9.17, 15) is 0 Å². The second-order valence-corrected chi connectivity index (χ2v) is 5.97. The summed E-state index contributed by atoms with van der Waals surface area (Å²) >= 11 is 8.86. The molecule has 1 aromatic carbocycles. The van der Waals surface area contributed by atoms with Crippen LogP contribution in [0.25, 0.3) is 0 Å². The van der Waals surface area contributed by atoms with Crippen molar-refractivity contribution in [3.05, 3.63) is 52.3 Å². The average Bonchev–Trinajstić information content (AvgIpc) is 2.90. The van der Waals surface area contributed by atoms with Gasteiger partial charge in [-0.25, -0.2) is 0 Å². The Hall–Kier alpha value is -1.20. The molecule has 1 unspecified atom stereocenters. The molecule has 0 aliphatic carbocycles. The number of aromatic nitrogens is 2. The highest BCUT2D eigenvalue weighted by Crippen LogP contribution is 2.32. The highest BCUT2D eigenvalue weighted by Gasteiger charge is 2.36. The lowest BCUT2D eigenvalue weighted by Crippen LogP contribution is -2.50. The Morgan fingerprint density at radius 1 is 1.35 bits per heavy atom. The number of hydrogen-bond donors (Lipinski definition) is 1. The maximum Gasteiger partial charge on any atom is 0.102 e. The van der Waals surface area contributed by atoms with Gasteiger partial charge in [0.25, 0.3) is 0 Å². The van der Waals surface area contributed by atoms with Crippen molar-refractivity contribution in [2.75, 3.05) is 0 Å². The van der Waals surface area contributed by atoms with Crippen LogP contribution in [0, 0.1) is 0 Å². The van der Waals surface area contributed by atoms with Gasteiger partial charge in [0.05, 0.1) is 17.2 Å². The van der Waals surface area contributed by atoms with Crippen molar-refractivity contribution in [2.24, 2.45) is 0 Å². The monoisotopic (exact) mass is 351 g/mol. The van der Waals surface area contributed by atoms with Crippen LogP contribution < -0.4 is 5.32 Å². The molecule has 0 amide bonds. The van der Waals surface area contributed by atoms with Crippen LogP contribution in [0.15, 0.2) is 41.0 Å². The minimum Gasteiger partial charge on any atom is -0.363 e. The summed E-state index contributed by atoms with van der Waals surface area (Å²) in [5, 5.41) is 7.76. The predicted molar refractivity (Wildman–Crippen MR) is 89.9 cm³/mol. The first-order valence-electron chi connectivity index (χ1n) is 6.69. The number of fused-ring (bicyclic) bond motifs is 1. The molecule has 1 aromatic heterocycles. The quantitative estimate of drug-likeness (QED) is 0.791. The van der Waals surface area contributed by atoms with Crippen molar-refractivity contribution in [1.29, 1.82) is 0 Å². The van der Waals surface area contributed by atoms with Gasteiger partial charge in [0.2, 0.25) is 0 Å². The molecule has 2 aromatic rings. The van der Waals surface area contributed by atoms with Crippen molar-refractivity contribution in [2.45, 2.75) is 32.9 Å². The normalized spacial score (nSPS) is 20.5. The number of hydrogen-bond acceptors (Lipinski definition) is 2. The SMILES string of the molecule is CC.CC1(c2cccc(Br)c2)NC(=S)Cn2nccc21. The summed E-state index contributed by atoms with van der Waals surface area (Å²) in [6, 6.07) is 10.3. The molecule has 3 nitrogen and oxygen atoms in total. The van der Waals surface area contributed by atoms with Gasteiger partial charge in [-0.2, -0.15) is 5.10 Å². The molecule has 1 aliphatic heterocycles. The molecular formula is C15H18BrN3S. The van der Waals surface area contributed by atoms with E-state index in [1.165, 1.54) is 5.56 Å². The number of rotatable bonds is 1. The number of halogens is 1. The third kappa shape index (κ3) is 2.65. The standard InChI is InChI=1S/C13H12BrN3S.C2H6/c1-13(9-3-2-4-10(14)7-9)11-5-6-15-17(11)8-12(18)16-13;1-2/h2-7H,8H2,1H3,(H,16,18);1-2H3. The first-order chi connectivity index (χ1) is 9.59. The third-order valence-electron chi connectivity index (χ3n) is 3.31. The van der Waals surface area contributed by atoms with E-state index in [0.29, 0.717) is 6.54 Å². The summed E-state index contributed by atoms with van der Waals surface area (Å²) in [5.41, 5.74) is 1.98. The van der Waals surface area contributed by atoms with Crippen LogP contribution >= 0.6 is 28.1 Å². The summed E-state index contributed by atoms with van der Waals surface area (Å²) < 4.78 is 3.02. The molecule has 1 N–H and O–H groups in total. The van der Waals surface area contributed by atoms with Crippen molar-refractivity contribution in [3.63, 3.8) is 0 Å². The highest BCUT2D eigenvalue weighted by molar-refractivity contribution is 9.10. The Morgan fingerprint density at radius 3 is 2.80 bits per heavy atom. The molecule has 0 fully saturated rings. The summed E-state index contributed by atoms with van der Waals surface area (Å²) in [4.78, 5) is 0.814. The zero-order chi connectivity index (χ0) is 14.8. The third-order valence-corrected chi connectivity index (χ3v) is 4.04. The summed E-state index contributed by atoms with van der Waals surface area (Å²) in [6.45, 7) is 6.79. The smallest absolute Gasteiger partial charge is 0.102 e. The van der Waals surface area contributed by atoms with E-state index in [0.717, 1.165) is 15.2 Å². The maximum absolute atomic E-state index is 5.35.